The molecular formula is C29H27N2O+. The van der Waals surface area contributed by atoms with Crippen molar-refractivity contribution in [1.82, 2.24) is 0 Å². The van der Waals surface area contributed by atoms with Crippen LogP contribution in [0.4, 0.5) is 5.69 Å². The monoisotopic (exact) mass is 421 g/mol. The van der Waals surface area contributed by atoms with Crippen molar-refractivity contribution < 1.29 is 11.7 Å². The van der Waals surface area contributed by atoms with Gasteiger partial charge < -0.3 is 9.32 Å². The van der Waals surface area contributed by atoms with Crippen LogP contribution in [0.2, 0.25) is 0 Å². The van der Waals surface area contributed by atoms with Gasteiger partial charge in [0, 0.05) is 50.5 Å². The summed E-state index contributed by atoms with van der Waals surface area (Å²) in [7, 11) is 4.09. The van der Waals surface area contributed by atoms with Crippen molar-refractivity contribution in [2.24, 2.45) is 7.05 Å². The molecule has 158 valence electrons. The number of nitrogens with zero attached hydrogens (tertiary/aromatic N) is 2. The normalized spacial score (nSPS) is 16.2. The van der Waals surface area contributed by atoms with Crippen molar-refractivity contribution in [3.05, 3.63) is 84.1 Å². The summed E-state index contributed by atoms with van der Waals surface area (Å²) in [4.78, 5) is 2.15. The van der Waals surface area contributed by atoms with E-state index in [2.05, 4.69) is 72.1 Å². The second-order valence-corrected chi connectivity index (χ2v) is 8.66. The maximum Gasteiger partial charge on any atom is 0.216 e. The van der Waals surface area contributed by atoms with Crippen LogP contribution in [-0.2, 0) is 13.4 Å². The molecule has 3 heteroatoms. The Balaban J connectivity index is 1.69. The number of pyridine rings is 1. The summed E-state index contributed by atoms with van der Waals surface area (Å²) in [5.74, 6) is 0. The quantitative estimate of drug-likeness (QED) is 0.306. The van der Waals surface area contributed by atoms with Gasteiger partial charge in [-0.2, -0.15) is 0 Å². The van der Waals surface area contributed by atoms with Gasteiger partial charge in [-0.25, -0.2) is 4.57 Å². The van der Waals surface area contributed by atoms with Crippen LogP contribution in [0.1, 0.15) is 20.3 Å². The third-order valence-corrected chi connectivity index (χ3v) is 6.68. The minimum absolute atomic E-state index is 0.470. The summed E-state index contributed by atoms with van der Waals surface area (Å²) >= 11 is 0. The Hall–Kier alpha value is -3.59. The van der Waals surface area contributed by atoms with Gasteiger partial charge in [0.05, 0.1) is 5.56 Å². The third-order valence-electron chi connectivity index (χ3n) is 6.68. The highest BCUT2D eigenvalue weighted by atomic mass is 16.3. The van der Waals surface area contributed by atoms with Gasteiger partial charge in [-0.15, -0.1) is 0 Å². The number of para-hydroxylation sites is 1. The standard InChI is InChI=1S/C29H27N2O/c1-19-15-16-24-23-11-6-10-22(20-9-7-14-25-21(20)12-8-18-30(25)2)28(23)32-29(24)27(19)26-13-4-5-17-31(26)3/h4-7,9-11,13-17H,8,12,18H2,1-3H3/q+1/i12D2. The average Bonchev–Trinajstić information content (AvgIpc) is 3.21. The Bertz CT molecular complexity index is 1580. The van der Waals surface area contributed by atoms with Gasteiger partial charge in [0.1, 0.15) is 18.2 Å². The van der Waals surface area contributed by atoms with E-state index in [1.54, 1.807) is 0 Å². The molecule has 0 spiro atoms. The molecule has 0 aliphatic carbocycles. The van der Waals surface area contributed by atoms with Crippen molar-refractivity contribution in [3.8, 4) is 22.4 Å². The Morgan fingerprint density at radius 2 is 1.72 bits per heavy atom. The molecule has 0 fully saturated rings. The van der Waals surface area contributed by atoms with Gasteiger partial charge in [-0.1, -0.05) is 42.5 Å². The molecule has 0 bridgehead atoms. The highest BCUT2D eigenvalue weighted by molar-refractivity contribution is 6.13. The van der Waals surface area contributed by atoms with Gasteiger partial charge in [0.2, 0.25) is 5.69 Å². The minimum atomic E-state index is -1.40. The van der Waals surface area contributed by atoms with E-state index in [9.17, 15) is 0 Å². The van der Waals surface area contributed by atoms with Crippen molar-refractivity contribution in [2.75, 3.05) is 18.5 Å². The smallest absolute Gasteiger partial charge is 0.216 e. The fourth-order valence-corrected chi connectivity index (χ4v) is 5.01. The number of rotatable bonds is 2. The lowest BCUT2D eigenvalue weighted by Crippen LogP contribution is -2.30. The number of benzene rings is 3. The number of aryl methyl sites for hydroxylation is 2. The molecule has 5 aromatic rings. The van der Waals surface area contributed by atoms with Crippen LogP contribution >= 0.6 is 0 Å². The Kier molecular flexibility index (Phi) is 3.85. The predicted octanol–water partition coefficient (Wildman–Crippen LogP) is 6.44. The summed E-state index contributed by atoms with van der Waals surface area (Å²) < 4.78 is 26.4. The van der Waals surface area contributed by atoms with E-state index in [1.165, 1.54) is 0 Å². The Morgan fingerprint density at radius 3 is 2.59 bits per heavy atom. The highest BCUT2D eigenvalue weighted by Crippen LogP contribution is 2.43. The van der Waals surface area contributed by atoms with Gasteiger partial charge in [-0.3, -0.25) is 0 Å². The zero-order valence-corrected chi connectivity index (χ0v) is 18.6. The Labute approximate surface area is 191 Å². The van der Waals surface area contributed by atoms with Gasteiger partial charge in [0.25, 0.3) is 0 Å². The van der Waals surface area contributed by atoms with Gasteiger partial charge in [-0.05, 0) is 48.5 Å². The molecule has 0 unspecified atom stereocenters. The molecule has 3 heterocycles. The van der Waals surface area contributed by atoms with E-state index in [1.807, 2.05) is 31.3 Å². The molecule has 0 saturated heterocycles. The first-order valence-corrected chi connectivity index (χ1v) is 11.1. The number of aromatic nitrogens is 1. The molecule has 32 heavy (non-hydrogen) atoms. The van der Waals surface area contributed by atoms with Gasteiger partial charge >= 0.3 is 0 Å². The van der Waals surface area contributed by atoms with E-state index in [4.69, 9.17) is 7.16 Å². The maximum absolute atomic E-state index is 8.81. The summed E-state index contributed by atoms with van der Waals surface area (Å²) in [6, 6.07) is 22.8. The SMILES string of the molecule is [2H]C1([2H])CCN(C)c2cccc(-c3cccc4c3oc3c(-c5cccc[n+]5C)c(C)ccc34)c21. The summed E-state index contributed by atoms with van der Waals surface area (Å²) in [6.45, 7) is 2.82. The molecule has 6 rings (SSSR count). The number of fused-ring (bicyclic) bond motifs is 4. The number of hydrogen-bond donors (Lipinski definition) is 0. The molecule has 0 N–H and O–H groups in total. The molecule has 0 radical (unpaired) electrons. The van der Waals surface area contributed by atoms with Crippen molar-refractivity contribution >= 4 is 27.6 Å². The second kappa shape index (κ2) is 7.23. The van der Waals surface area contributed by atoms with E-state index < -0.39 is 6.37 Å². The second-order valence-electron chi connectivity index (χ2n) is 8.66. The zero-order chi connectivity index (χ0) is 23.6. The van der Waals surface area contributed by atoms with Crippen LogP contribution < -0.4 is 9.47 Å². The first kappa shape index (κ1) is 17.0. The van der Waals surface area contributed by atoms with E-state index >= 15 is 0 Å². The number of furan rings is 1. The average molecular weight is 422 g/mol. The fourth-order valence-electron chi connectivity index (χ4n) is 5.01. The van der Waals surface area contributed by atoms with Crippen molar-refractivity contribution in [3.63, 3.8) is 0 Å². The van der Waals surface area contributed by atoms with Crippen molar-refractivity contribution in [2.45, 2.75) is 19.7 Å². The van der Waals surface area contributed by atoms with Crippen LogP contribution in [-0.4, -0.2) is 13.6 Å². The minimum Gasteiger partial charge on any atom is -0.454 e. The summed E-state index contributed by atoms with van der Waals surface area (Å²) in [5.41, 5.74) is 8.57. The molecule has 0 saturated carbocycles. The largest absolute Gasteiger partial charge is 0.454 e. The maximum atomic E-state index is 8.81. The number of anilines is 1. The molecule has 1 aliphatic heterocycles. The van der Waals surface area contributed by atoms with E-state index in [-0.39, 0.29) is 0 Å². The molecular weight excluding hydrogens is 392 g/mol. The molecule has 3 nitrogen and oxygen atoms in total. The topological polar surface area (TPSA) is 20.3 Å². The fraction of sp³-hybridized carbons (Fsp3) is 0.207. The van der Waals surface area contributed by atoms with Crippen LogP contribution in [0.3, 0.4) is 0 Å². The predicted molar refractivity (Wildman–Crippen MR) is 132 cm³/mol. The summed E-state index contributed by atoms with van der Waals surface area (Å²) in [5, 5.41) is 2.13. The first-order chi connectivity index (χ1) is 16.4. The number of hydrogen-bond acceptors (Lipinski definition) is 2. The highest BCUT2D eigenvalue weighted by Gasteiger charge is 2.23. The molecule has 1 aliphatic rings. The first-order valence-electron chi connectivity index (χ1n) is 12.1. The third kappa shape index (κ3) is 2.77. The van der Waals surface area contributed by atoms with E-state index in [0.717, 1.165) is 61.1 Å². The lowest BCUT2D eigenvalue weighted by atomic mass is 9.91. The molecule has 3 aromatic carbocycles. The summed E-state index contributed by atoms with van der Waals surface area (Å²) in [6.07, 6.45) is 1.13. The molecule has 0 amide bonds. The van der Waals surface area contributed by atoms with Crippen LogP contribution in [0.5, 0.6) is 0 Å². The Morgan fingerprint density at radius 1 is 0.906 bits per heavy atom. The van der Waals surface area contributed by atoms with Crippen LogP contribution in [0.25, 0.3) is 44.3 Å². The van der Waals surface area contributed by atoms with Crippen LogP contribution in [0, 0.1) is 6.92 Å². The lowest BCUT2D eigenvalue weighted by molar-refractivity contribution is -0.660. The van der Waals surface area contributed by atoms with Crippen molar-refractivity contribution in [1.29, 1.82) is 0 Å². The zero-order valence-electron chi connectivity index (χ0n) is 20.6. The molecule has 0 atom stereocenters. The van der Waals surface area contributed by atoms with E-state index in [0.29, 0.717) is 13.0 Å². The lowest BCUT2D eigenvalue weighted by Gasteiger charge is -2.29. The van der Waals surface area contributed by atoms with Crippen LogP contribution in [0.15, 0.2) is 77.3 Å². The van der Waals surface area contributed by atoms with Gasteiger partial charge in [0.15, 0.2) is 6.20 Å². The molecule has 2 aromatic heterocycles.